The van der Waals surface area contributed by atoms with E-state index in [4.69, 9.17) is 5.73 Å². The number of primary amides is 1. The fraction of sp³-hybridized carbons (Fsp3) is 0.174. The van der Waals surface area contributed by atoms with Gasteiger partial charge < -0.3 is 10.3 Å². The molecule has 1 aromatic heterocycles. The predicted octanol–water partition coefficient (Wildman–Crippen LogP) is 5.66. The minimum atomic E-state index is -4.57. The average molecular weight is 414 g/mol. The van der Waals surface area contributed by atoms with Crippen LogP contribution in [0, 0.1) is 5.82 Å². The van der Waals surface area contributed by atoms with E-state index in [0.717, 1.165) is 35.6 Å². The number of nitrogens with zero attached hydrogens (tertiary/aromatic N) is 1. The first-order valence-corrected chi connectivity index (χ1v) is 9.40. The maximum atomic E-state index is 14.4. The fourth-order valence-electron chi connectivity index (χ4n) is 3.83. The smallest absolute Gasteiger partial charge is 0.366 e. The lowest BCUT2D eigenvalue weighted by Gasteiger charge is -2.13. The van der Waals surface area contributed by atoms with E-state index in [1.165, 1.54) is 0 Å². The number of rotatable bonds is 4. The Morgan fingerprint density at radius 1 is 1.03 bits per heavy atom. The van der Waals surface area contributed by atoms with Gasteiger partial charge >= 0.3 is 6.18 Å². The molecule has 0 spiro atoms. The lowest BCUT2D eigenvalue weighted by atomic mass is 10.0. The number of halogens is 4. The molecule has 1 amide bonds. The number of amides is 1. The van der Waals surface area contributed by atoms with Crippen molar-refractivity contribution in [2.24, 2.45) is 5.73 Å². The maximum Gasteiger partial charge on any atom is 0.416 e. The van der Waals surface area contributed by atoms with E-state index in [1.807, 2.05) is 25.1 Å². The molecule has 1 heterocycles. The molecule has 0 atom stereocenters. The number of aryl methyl sites for hydroxylation is 1. The third kappa shape index (κ3) is 3.30. The van der Waals surface area contributed by atoms with Gasteiger partial charge in [0.15, 0.2) is 0 Å². The molecule has 0 aliphatic rings. The highest BCUT2D eigenvalue weighted by molar-refractivity contribution is 6.18. The van der Waals surface area contributed by atoms with Gasteiger partial charge in [0.2, 0.25) is 5.91 Å². The van der Waals surface area contributed by atoms with Crippen LogP contribution in [0.2, 0.25) is 0 Å². The molecule has 0 unspecified atom stereocenters. The normalized spacial score (nSPS) is 12.0. The summed E-state index contributed by atoms with van der Waals surface area (Å²) in [5, 5.41) is 1.35. The van der Waals surface area contributed by atoms with E-state index in [1.54, 1.807) is 22.8 Å². The van der Waals surface area contributed by atoms with Crippen LogP contribution in [0.4, 0.5) is 17.6 Å². The van der Waals surface area contributed by atoms with Crippen LogP contribution >= 0.6 is 0 Å². The van der Waals surface area contributed by atoms with Crippen molar-refractivity contribution in [3.05, 3.63) is 82.7 Å². The van der Waals surface area contributed by atoms with Crippen LogP contribution in [0.3, 0.4) is 0 Å². The minimum absolute atomic E-state index is 0.0880. The summed E-state index contributed by atoms with van der Waals surface area (Å²) >= 11 is 0. The number of nitrogens with two attached hydrogens (primary N) is 1. The molecule has 0 radical (unpaired) electrons. The molecule has 4 rings (SSSR count). The molecule has 0 saturated heterocycles. The Labute approximate surface area is 169 Å². The molecule has 30 heavy (non-hydrogen) atoms. The van der Waals surface area contributed by atoms with Crippen molar-refractivity contribution in [2.75, 3.05) is 0 Å². The third-order valence-electron chi connectivity index (χ3n) is 5.33. The first kappa shape index (κ1) is 19.9. The molecule has 0 saturated carbocycles. The molecule has 0 aliphatic heterocycles. The quantitative estimate of drug-likeness (QED) is 0.430. The van der Waals surface area contributed by atoms with Crippen molar-refractivity contribution < 1.29 is 22.4 Å². The lowest BCUT2D eigenvalue weighted by Crippen LogP contribution is -2.11. The molecule has 0 fully saturated rings. The van der Waals surface area contributed by atoms with Gasteiger partial charge in [0.05, 0.1) is 17.6 Å². The van der Waals surface area contributed by atoms with Crippen molar-refractivity contribution in [3.63, 3.8) is 0 Å². The Kier molecular flexibility index (Phi) is 4.76. The van der Waals surface area contributed by atoms with Gasteiger partial charge in [0, 0.05) is 27.4 Å². The Balaban J connectivity index is 2.01. The molecular weight excluding hydrogens is 396 g/mol. The van der Waals surface area contributed by atoms with Gasteiger partial charge in [-0.3, -0.25) is 4.79 Å². The summed E-state index contributed by atoms with van der Waals surface area (Å²) in [4.78, 5) is 12.0. The molecule has 7 heteroatoms. The number of hydrogen-bond donors (Lipinski definition) is 1. The summed E-state index contributed by atoms with van der Waals surface area (Å²) in [5.41, 5.74) is 7.18. The number of hydrogen-bond acceptors (Lipinski definition) is 1. The zero-order valence-electron chi connectivity index (χ0n) is 16.1. The van der Waals surface area contributed by atoms with E-state index in [0.29, 0.717) is 22.0 Å². The van der Waals surface area contributed by atoms with Gasteiger partial charge in [-0.05, 0) is 48.4 Å². The summed E-state index contributed by atoms with van der Waals surface area (Å²) in [6.07, 6.45) is -3.82. The van der Waals surface area contributed by atoms with Gasteiger partial charge in [-0.2, -0.15) is 13.2 Å². The number of aromatic nitrogens is 1. The average Bonchev–Trinajstić information content (AvgIpc) is 3.01. The van der Waals surface area contributed by atoms with E-state index in [-0.39, 0.29) is 12.1 Å². The van der Waals surface area contributed by atoms with Gasteiger partial charge in [-0.25, -0.2) is 4.39 Å². The second-order valence-corrected chi connectivity index (χ2v) is 7.16. The van der Waals surface area contributed by atoms with Gasteiger partial charge in [0.1, 0.15) is 5.82 Å². The van der Waals surface area contributed by atoms with Crippen molar-refractivity contribution in [2.45, 2.75) is 26.1 Å². The highest BCUT2D eigenvalue weighted by Gasteiger charge is 2.31. The summed E-state index contributed by atoms with van der Waals surface area (Å²) in [6.45, 7) is 1.86. The zero-order chi connectivity index (χ0) is 21.6. The van der Waals surface area contributed by atoms with Gasteiger partial charge in [0.25, 0.3) is 0 Å². The first-order chi connectivity index (χ1) is 14.2. The van der Waals surface area contributed by atoms with Crippen LogP contribution in [0.1, 0.15) is 34.0 Å². The van der Waals surface area contributed by atoms with Gasteiger partial charge in [-0.1, -0.05) is 25.1 Å². The molecule has 3 nitrogen and oxygen atoms in total. The molecule has 0 bridgehead atoms. The monoisotopic (exact) mass is 414 g/mol. The molecule has 3 aromatic carbocycles. The molecular formula is C23H18F4N2O. The SMILES string of the molecule is CCc1ccc2c3c(C(N)=O)cccc3n(Cc3cc(C(F)(F)F)ccc3F)c2c1. The molecule has 4 aromatic rings. The van der Waals surface area contributed by atoms with Crippen LogP contribution < -0.4 is 5.73 Å². The van der Waals surface area contributed by atoms with Crippen molar-refractivity contribution >= 4 is 27.7 Å². The number of carbonyl (C=O) groups is 1. The van der Waals surface area contributed by atoms with Crippen molar-refractivity contribution in [3.8, 4) is 0 Å². The second kappa shape index (κ2) is 7.16. The number of benzene rings is 3. The van der Waals surface area contributed by atoms with E-state index < -0.39 is 23.5 Å². The Hall–Kier alpha value is -3.35. The topological polar surface area (TPSA) is 48.0 Å². The van der Waals surface area contributed by atoms with Crippen LogP contribution in [0.25, 0.3) is 21.8 Å². The van der Waals surface area contributed by atoms with E-state index >= 15 is 0 Å². The number of alkyl halides is 3. The Morgan fingerprint density at radius 3 is 2.47 bits per heavy atom. The summed E-state index contributed by atoms with van der Waals surface area (Å²) in [6, 6.07) is 13.1. The van der Waals surface area contributed by atoms with Gasteiger partial charge in [-0.15, -0.1) is 0 Å². The van der Waals surface area contributed by atoms with Crippen LogP contribution in [0.5, 0.6) is 0 Å². The third-order valence-corrected chi connectivity index (χ3v) is 5.33. The minimum Gasteiger partial charge on any atom is -0.366 e. The van der Waals surface area contributed by atoms with Crippen LogP contribution in [-0.4, -0.2) is 10.5 Å². The summed E-state index contributed by atoms with van der Waals surface area (Å²) in [5.74, 6) is -1.33. The van der Waals surface area contributed by atoms with Crippen molar-refractivity contribution in [1.29, 1.82) is 0 Å². The molecule has 0 aliphatic carbocycles. The zero-order valence-corrected chi connectivity index (χ0v) is 16.1. The Morgan fingerprint density at radius 2 is 1.80 bits per heavy atom. The maximum absolute atomic E-state index is 14.4. The predicted molar refractivity (Wildman–Crippen MR) is 108 cm³/mol. The van der Waals surface area contributed by atoms with E-state index in [9.17, 15) is 22.4 Å². The second-order valence-electron chi connectivity index (χ2n) is 7.16. The van der Waals surface area contributed by atoms with E-state index in [2.05, 4.69) is 0 Å². The number of carbonyl (C=O) groups excluding carboxylic acids is 1. The molecule has 154 valence electrons. The Bertz CT molecular complexity index is 1290. The van der Waals surface area contributed by atoms with Crippen molar-refractivity contribution in [1.82, 2.24) is 4.57 Å². The highest BCUT2D eigenvalue weighted by atomic mass is 19.4. The number of fused-ring (bicyclic) bond motifs is 3. The fourth-order valence-corrected chi connectivity index (χ4v) is 3.83. The highest BCUT2D eigenvalue weighted by Crippen LogP contribution is 2.35. The standard InChI is InChI=1S/C23H18F4N2O/c1-2-13-6-8-16-20(10-13)29(19-5-3-4-17(21(16)19)22(28)30)12-14-11-15(23(25,26)27)7-9-18(14)24/h3-11H,2,12H2,1H3,(H2,28,30). The summed E-state index contributed by atoms with van der Waals surface area (Å²) < 4.78 is 55.6. The summed E-state index contributed by atoms with van der Waals surface area (Å²) in [7, 11) is 0. The lowest BCUT2D eigenvalue weighted by molar-refractivity contribution is -0.137. The van der Waals surface area contributed by atoms with Crippen LogP contribution in [-0.2, 0) is 19.1 Å². The van der Waals surface area contributed by atoms with Crippen LogP contribution in [0.15, 0.2) is 54.6 Å². The largest absolute Gasteiger partial charge is 0.416 e. The first-order valence-electron chi connectivity index (χ1n) is 9.40. The molecule has 2 N–H and O–H groups in total.